The molecule has 0 unspecified atom stereocenters. The molecule has 172 valence electrons. The highest BCUT2D eigenvalue weighted by atomic mass is 32.1. The molecule has 3 aromatic heterocycles. The number of fused-ring (bicyclic) bond motifs is 1. The third-order valence-electron chi connectivity index (χ3n) is 5.63. The number of pyridine rings is 1. The summed E-state index contributed by atoms with van der Waals surface area (Å²) in [6, 6.07) is 2.86. The number of amides is 2. The molecule has 1 aliphatic heterocycles. The predicted molar refractivity (Wildman–Crippen MR) is 111 cm³/mol. The number of aryl methyl sites for hydroxylation is 1. The van der Waals surface area contributed by atoms with Gasteiger partial charge in [-0.2, -0.15) is 9.49 Å². The van der Waals surface area contributed by atoms with Crippen LogP contribution in [0.1, 0.15) is 68.0 Å². The fourth-order valence-corrected chi connectivity index (χ4v) is 4.46. The molecule has 1 aliphatic carbocycles. The number of aromatic nitrogens is 5. The summed E-state index contributed by atoms with van der Waals surface area (Å²) in [6.07, 6.45) is -1.14. The van der Waals surface area contributed by atoms with Crippen LogP contribution in [0.15, 0.2) is 12.1 Å². The van der Waals surface area contributed by atoms with Crippen LogP contribution in [0.3, 0.4) is 0 Å². The Morgan fingerprint density at radius 3 is 2.73 bits per heavy atom. The van der Waals surface area contributed by atoms with Gasteiger partial charge in [-0.25, -0.2) is 13.8 Å². The van der Waals surface area contributed by atoms with E-state index in [9.17, 15) is 22.8 Å². The molecule has 3 aromatic rings. The molecular weight excluding hydrogens is 459 g/mol. The first-order valence-corrected chi connectivity index (χ1v) is 11.1. The lowest BCUT2D eigenvalue weighted by Gasteiger charge is -2.28. The van der Waals surface area contributed by atoms with Crippen molar-refractivity contribution in [3.63, 3.8) is 0 Å². The third kappa shape index (κ3) is 4.08. The number of hydrogen-bond donors (Lipinski definition) is 1. The predicted octanol–water partition coefficient (Wildman–Crippen LogP) is 3.30. The van der Waals surface area contributed by atoms with Crippen LogP contribution < -0.4 is 5.32 Å². The number of hydrogen-bond acceptors (Lipinski definition) is 7. The van der Waals surface area contributed by atoms with Crippen molar-refractivity contribution in [2.24, 2.45) is 0 Å². The van der Waals surface area contributed by atoms with Crippen LogP contribution in [0.5, 0.6) is 0 Å². The fraction of sp³-hybridized carbons (Fsp3) is 0.400. The Kier molecular flexibility index (Phi) is 5.35. The Labute approximate surface area is 189 Å². The lowest BCUT2D eigenvalue weighted by Crippen LogP contribution is -2.40. The van der Waals surface area contributed by atoms with E-state index in [0.29, 0.717) is 41.4 Å². The molecule has 2 amide bonds. The van der Waals surface area contributed by atoms with Crippen LogP contribution in [0.2, 0.25) is 0 Å². The number of carbonyl (C=O) groups excluding carboxylic acids is 2. The minimum absolute atomic E-state index is 0.0265. The SMILES string of the molecule is Cc1nc(F)ccc1CN1CCn2nc(C(=O)Nc3nnc(C(F)F)s3)c(C3CC3)c2C1=O. The molecule has 4 heterocycles. The average Bonchev–Trinajstić information content (AvgIpc) is 3.36. The number of anilines is 1. The highest BCUT2D eigenvalue weighted by Crippen LogP contribution is 2.44. The summed E-state index contributed by atoms with van der Waals surface area (Å²) in [5.74, 6) is -1.44. The van der Waals surface area contributed by atoms with Crippen molar-refractivity contribution in [1.29, 1.82) is 0 Å². The Morgan fingerprint density at radius 1 is 1.27 bits per heavy atom. The topological polar surface area (TPSA) is 106 Å². The van der Waals surface area contributed by atoms with Gasteiger partial charge in [0.05, 0.1) is 6.54 Å². The van der Waals surface area contributed by atoms with E-state index in [1.807, 2.05) is 0 Å². The maximum absolute atomic E-state index is 13.4. The molecule has 13 heteroatoms. The summed E-state index contributed by atoms with van der Waals surface area (Å²) in [7, 11) is 0. The lowest BCUT2D eigenvalue weighted by atomic mass is 10.0. The Morgan fingerprint density at radius 2 is 2.06 bits per heavy atom. The second kappa shape index (κ2) is 8.21. The summed E-state index contributed by atoms with van der Waals surface area (Å²) >= 11 is 0.587. The standard InChI is InChI=1S/C20H18F3N7O2S/c1-9-11(4-5-12(21)24-9)8-29-6-7-30-15(19(29)32)13(10-2-3-10)14(28-30)17(31)25-20-27-26-18(33-20)16(22)23/h4-5,10,16H,2-3,6-8H2,1H3,(H,25,27,31). The molecule has 0 bridgehead atoms. The summed E-state index contributed by atoms with van der Waals surface area (Å²) in [4.78, 5) is 31.7. The van der Waals surface area contributed by atoms with Gasteiger partial charge < -0.3 is 4.90 Å². The maximum Gasteiger partial charge on any atom is 0.291 e. The Bertz CT molecular complexity index is 1250. The van der Waals surface area contributed by atoms with Gasteiger partial charge in [0.2, 0.25) is 11.1 Å². The van der Waals surface area contributed by atoms with E-state index in [0.717, 1.165) is 18.4 Å². The van der Waals surface area contributed by atoms with E-state index in [4.69, 9.17) is 0 Å². The van der Waals surface area contributed by atoms with Crippen molar-refractivity contribution in [2.75, 3.05) is 11.9 Å². The van der Waals surface area contributed by atoms with Crippen LogP contribution in [0.25, 0.3) is 0 Å². The van der Waals surface area contributed by atoms with Gasteiger partial charge in [-0.05, 0) is 37.3 Å². The fourth-order valence-electron chi connectivity index (χ4n) is 3.87. The van der Waals surface area contributed by atoms with Gasteiger partial charge in [-0.3, -0.25) is 19.6 Å². The normalized spacial score (nSPS) is 15.8. The zero-order valence-electron chi connectivity index (χ0n) is 17.4. The van der Waals surface area contributed by atoms with Gasteiger partial charge in [0.1, 0.15) is 5.69 Å². The van der Waals surface area contributed by atoms with Gasteiger partial charge in [-0.1, -0.05) is 17.4 Å². The van der Waals surface area contributed by atoms with Crippen molar-refractivity contribution in [2.45, 2.75) is 45.2 Å². The molecule has 1 fully saturated rings. The van der Waals surface area contributed by atoms with Crippen LogP contribution >= 0.6 is 11.3 Å². The summed E-state index contributed by atoms with van der Waals surface area (Å²) in [5, 5.41) is 13.2. The minimum Gasteiger partial charge on any atom is -0.331 e. The molecule has 1 saturated carbocycles. The van der Waals surface area contributed by atoms with Crippen LogP contribution in [-0.2, 0) is 13.1 Å². The van der Waals surface area contributed by atoms with Crippen LogP contribution in [0.4, 0.5) is 18.3 Å². The first kappa shape index (κ1) is 21.5. The lowest BCUT2D eigenvalue weighted by molar-refractivity contribution is 0.0681. The summed E-state index contributed by atoms with van der Waals surface area (Å²) in [6.45, 7) is 2.69. The number of nitrogens with one attached hydrogen (secondary N) is 1. The monoisotopic (exact) mass is 477 g/mol. The first-order valence-electron chi connectivity index (χ1n) is 10.3. The van der Waals surface area contributed by atoms with Gasteiger partial charge >= 0.3 is 0 Å². The molecule has 2 aliphatic rings. The van der Waals surface area contributed by atoms with Gasteiger partial charge in [0.15, 0.2) is 10.7 Å². The molecule has 0 spiro atoms. The molecule has 5 rings (SSSR count). The zero-order chi connectivity index (χ0) is 23.3. The largest absolute Gasteiger partial charge is 0.331 e. The van der Waals surface area contributed by atoms with Crippen molar-refractivity contribution < 1.29 is 22.8 Å². The minimum atomic E-state index is -2.78. The van der Waals surface area contributed by atoms with E-state index in [-0.39, 0.29) is 29.2 Å². The zero-order valence-corrected chi connectivity index (χ0v) is 18.2. The number of alkyl halides is 2. The second-order valence-electron chi connectivity index (χ2n) is 7.91. The van der Waals surface area contributed by atoms with Gasteiger partial charge in [0.25, 0.3) is 18.2 Å². The summed E-state index contributed by atoms with van der Waals surface area (Å²) < 4.78 is 40.4. The van der Waals surface area contributed by atoms with Crippen LogP contribution in [-0.4, -0.2) is 48.2 Å². The van der Waals surface area contributed by atoms with E-state index in [2.05, 4.69) is 25.6 Å². The molecule has 33 heavy (non-hydrogen) atoms. The molecular formula is C20H18F3N7O2S. The van der Waals surface area contributed by atoms with Crippen molar-refractivity contribution >= 4 is 28.3 Å². The van der Waals surface area contributed by atoms with Gasteiger partial charge in [-0.15, -0.1) is 10.2 Å². The number of carbonyl (C=O) groups is 2. The van der Waals surface area contributed by atoms with Crippen molar-refractivity contribution in [1.82, 2.24) is 29.9 Å². The third-order valence-corrected chi connectivity index (χ3v) is 6.48. The Balaban J connectivity index is 1.42. The molecule has 1 N–H and O–H groups in total. The van der Waals surface area contributed by atoms with Crippen molar-refractivity contribution in [3.8, 4) is 0 Å². The number of nitrogens with zero attached hydrogens (tertiary/aromatic N) is 6. The van der Waals surface area contributed by atoms with E-state index in [1.165, 1.54) is 10.7 Å². The molecule has 0 atom stereocenters. The summed E-state index contributed by atoms with van der Waals surface area (Å²) in [5.41, 5.74) is 2.25. The molecule has 0 radical (unpaired) electrons. The number of halogens is 3. The van der Waals surface area contributed by atoms with Crippen LogP contribution in [0, 0.1) is 12.9 Å². The first-order chi connectivity index (χ1) is 15.8. The van der Waals surface area contributed by atoms with E-state index < -0.39 is 23.3 Å². The molecule has 9 nitrogen and oxygen atoms in total. The van der Waals surface area contributed by atoms with Crippen molar-refractivity contribution in [3.05, 3.63) is 51.3 Å². The number of rotatable bonds is 6. The van der Waals surface area contributed by atoms with E-state index in [1.54, 1.807) is 17.9 Å². The highest BCUT2D eigenvalue weighted by Gasteiger charge is 2.40. The highest BCUT2D eigenvalue weighted by molar-refractivity contribution is 7.15. The van der Waals surface area contributed by atoms with E-state index >= 15 is 0 Å². The van der Waals surface area contributed by atoms with Gasteiger partial charge in [0, 0.05) is 24.3 Å². The maximum atomic E-state index is 13.4. The molecule has 0 saturated heterocycles. The Hall–Kier alpha value is -3.35. The smallest absolute Gasteiger partial charge is 0.291 e. The second-order valence-corrected chi connectivity index (χ2v) is 8.92. The average molecular weight is 477 g/mol. The molecule has 0 aromatic carbocycles. The quantitative estimate of drug-likeness (QED) is 0.546.